The number of nitro benzene ring substituents is 1. The number of hydrogen-bond acceptors (Lipinski definition) is 4. The summed E-state index contributed by atoms with van der Waals surface area (Å²) in [5.41, 5.74) is 4.48. The van der Waals surface area contributed by atoms with Crippen LogP contribution in [0.4, 0.5) is 11.4 Å². The van der Waals surface area contributed by atoms with E-state index in [9.17, 15) is 19.7 Å². The van der Waals surface area contributed by atoms with E-state index in [0.717, 1.165) is 27.2 Å². The van der Waals surface area contributed by atoms with Gasteiger partial charge >= 0.3 is 0 Å². The zero-order chi connectivity index (χ0) is 22.4. The Morgan fingerprint density at radius 2 is 1.53 bits per heavy atom. The first kappa shape index (κ1) is 19.4. The number of imide groups is 1. The number of nitrogens with zero attached hydrogens (tertiary/aromatic N) is 2. The molecule has 6 nitrogen and oxygen atoms in total. The summed E-state index contributed by atoms with van der Waals surface area (Å²) in [4.78, 5) is 40.0. The zero-order valence-corrected chi connectivity index (χ0v) is 18.6. The molecule has 4 aliphatic rings. The Hall–Kier alpha value is -3.32. The number of benzene rings is 3. The first-order valence-corrected chi connectivity index (χ1v) is 11.2. The molecule has 2 atom stereocenters. The molecule has 2 bridgehead atoms. The van der Waals surface area contributed by atoms with Gasteiger partial charge in [0.25, 0.3) is 5.69 Å². The molecule has 32 heavy (non-hydrogen) atoms. The van der Waals surface area contributed by atoms with E-state index in [1.165, 1.54) is 12.1 Å². The second-order valence-corrected chi connectivity index (χ2v) is 9.88. The van der Waals surface area contributed by atoms with Gasteiger partial charge in [0, 0.05) is 12.0 Å². The van der Waals surface area contributed by atoms with E-state index in [0.29, 0.717) is 5.56 Å². The predicted octanol–water partition coefficient (Wildman–Crippen LogP) is 4.81. The molecule has 1 heterocycles. The van der Waals surface area contributed by atoms with Crippen molar-refractivity contribution in [1.29, 1.82) is 0 Å². The molecule has 2 amide bonds. The van der Waals surface area contributed by atoms with Gasteiger partial charge in [-0.05, 0) is 40.8 Å². The maximum Gasteiger partial charge on any atom is 0.293 e. The number of alkyl halides is 1. The van der Waals surface area contributed by atoms with E-state index in [-0.39, 0.29) is 23.2 Å². The summed E-state index contributed by atoms with van der Waals surface area (Å²) in [6.07, 6.45) is 0. The van der Waals surface area contributed by atoms with Crippen LogP contribution in [0.2, 0.25) is 0 Å². The Morgan fingerprint density at radius 1 is 0.938 bits per heavy atom. The molecule has 0 unspecified atom stereocenters. The number of halogens is 1. The van der Waals surface area contributed by atoms with Gasteiger partial charge in [-0.1, -0.05) is 70.5 Å². The molecule has 0 aromatic heterocycles. The van der Waals surface area contributed by atoms with Gasteiger partial charge in [0.1, 0.15) is 5.69 Å². The molecule has 0 saturated carbocycles. The number of hydrogen-bond donors (Lipinski definition) is 0. The van der Waals surface area contributed by atoms with Gasteiger partial charge in [-0.2, -0.15) is 0 Å². The molecule has 1 aliphatic heterocycles. The minimum Gasteiger partial charge on any atom is -0.274 e. The van der Waals surface area contributed by atoms with Crippen LogP contribution in [0.25, 0.3) is 0 Å². The number of anilines is 1. The lowest BCUT2D eigenvalue weighted by molar-refractivity contribution is -0.384. The number of rotatable bonds is 2. The lowest BCUT2D eigenvalue weighted by atomic mass is 9.55. The van der Waals surface area contributed by atoms with Crippen LogP contribution in [0.15, 0.2) is 66.7 Å². The van der Waals surface area contributed by atoms with Crippen molar-refractivity contribution in [3.05, 3.63) is 105 Å². The standard InChI is InChI=1S/C25H17BrN2O4/c1-13-10-11-18(19(12-13)28(31)32)27-23(29)21-20-14-6-2-4-8-16(14)25(26,22(21)24(27)30)17-9-5-3-7-15(17)20/h2-12,20-22H,1H3/t20?,21-,22-,25?/m1/s1. The molecule has 1 saturated heterocycles. The molecule has 0 N–H and O–H groups in total. The summed E-state index contributed by atoms with van der Waals surface area (Å²) >= 11 is 3.93. The second kappa shape index (κ2) is 6.36. The van der Waals surface area contributed by atoms with Crippen LogP contribution in [-0.2, 0) is 13.9 Å². The average molecular weight is 489 g/mol. The van der Waals surface area contributed by atoms with Gasteiger partial charge in [0.05, 0.1) is 21.1 Å². The van der Waals surface area contributed by atoms with Gasteiger partial charge in [0.15, 0.2) is 0 Å². The van der Waals surface area contributed by atoms with Crippen LogP contribution in [0.1, 0.15) is 33.7 Å². The van der Waals surface area contributed by atoms with Crippen molar-refractivity contribution in [3.8, 4) is 0 Å². The van der Waals surface area contributed by atoms with Gasteiger partial charge in [-0.3, -0.25) is 19.7 Å². The topological polar surface area (TPSA) is 80.5 Å². The molecule has 7 heteroatoms. The minimum absolute atomic E-state index is 0.0358. The van der Waals surface area contributed by atoms with Crippen LogP contribution >= 0.6 is 15.9 Å². The van der Waals surface area contributed by atoms with Crippen LogP contribution in [0.5, 0.6) is 0 Å². The molecule has 158 valence electrons. The lowest BCUT2D eigenvalue weighted by Crippen LogP contribution is -2.50. The summed E-state index contributed by atoms with van der Waals surface area (Å²) in [5, 5.41) is 11.8. The van der Waals surface area contributed by atoms with Gasteiger partial charge in [-0.25, -0.2) is 4.90 Å². The lowest BCUT2D eigenvalue weighted by Gasteiger charge is -2.51. The molecule has 0 radical (unpaired) electrons. The fourth-order valence-electron chi connectivity index (χ4n) is 5.89. The number of nitro groups is 1. The van der Waals surface area contributed by atoms with Crippen molar-refractivity contribution in [1.82, 2.24) is 0 Å². The monoisotopic (exact) mass is 488 g/mol. The van der Waals surface area contributed by atoms with Crippen LogP contribution in [0, 0.1) is 28.9 Å². The number of carbonyl (C=O) groups excluding carboxylic acids is 2. The van der Waals surface area contributed by atoms with E-state index in [1.807, 2.05) is 48.5 Å². The van der Waals surface area contributed by atoms with Crippen molar-refractivity contribution in [3.63, 3.8) is 0 Å². The van der Waals surface area contributed by atoms with Gasteiger partial charge in [-0.15, -0.1) is 0 Å². The van der Waals surface area contributed by atoms with E-state index >= 15 is 0 Å². The van der Waals surface area contributed by atoms with Crippen molar-refractivity contribution in [2.75, 3.05) is 4.90 Å². The number of aryl methyl sites for hydroxylation is 1. The maximum absolute atomic E-state index is 13.9. The summed E-state index contributed by atoms with van der Waals surface area (Å²) in [6, 6.07) is 20.4. The molecule has 3 aliphatic carbocycles. The first-order chi connectivity index (χ1) is 15.4. The summed E-state index contributed by atoms with van der Waals surface area (Å²) < 4.78 is -0.874. The fourth-order valence-corrected chi connectivity index (χ4v) is 7.09. The fraction of sp³-hybridized carbons (Fsp3) is 0.200. The minimum atomic E-state index is -0.874. The summed E-state index contributed by atoms with van der Waals surface area (Å²) in [5.74, 6) is -2.39. The smallest absolute Gasteiger partial charge is 0.274 e. The normalized spacial score (nSPS) is 27.2. The van der Waals surface area contributed by atoms with Gasteiger partial charge in [0.2, 0.25) is 11.8 Å². The highest BCUT2D eigenvalue weighted by molar-refractivity contribution is 9.09. The van der Waals surface area contributed by atoms with Crippen LogP contribution in [-0.4, -0.2) is 16.7 Å². The predicted molar refractivity (Wildman–Crippen MR) is 122 cm³/mol. The Bertz CT molecular complexity index is 1320. The van der Waals surface area contributed by atoms with Crippen LogP contribution in [0.3, 0.4) is 0 Å². The molecular formula is C25H17BrN2O4. The Balaban J connectivity index is 1.61. The molecule has 0 spiro atoms. The highest BCUT2D eigenvalue weighted by Crippen LogP contribution is 2.66. The Kier molecular flexibility index (Phi) is 3.85. The number of amides is 2. The molecule has 7 rings (SSSR count). The molecule has 3 aromatic rings. The Labute approximate surface area is 192 Å². The highest BCUT2D eigenvalue weighted by Gasteiger charge is 2.68. The summed E-state index contributed by atoms with van der Waals surface area (Å²) in [7, 11) is 0. The van der Waals surface area contributed by atoms with Crippen molar-refractivity contribution < 1.29 is 14.5 Å². The quantitative estimate of drug-likeness (QED) is 0.224. The van der Waals surface area contributed by atoms with Crippen molar-refractivity contribution in [2.24, 2.45) is 11.8 Å². The maximum atomic E-state index is 13.9. The van der Waals surface area contributed by atoms with E-state index in [2.05, 4.69) is 15.9 Å². The van der Waals surface area contributed by atoms with E-state index in [4.69, 9.17) is 0 Å². The SMILES string of the molecule is Cc1ccc(N2C(=O)[C@@H]3C4c5ccccc5C(Br)(c5ccccc54)[C@H]3C2=O)c([N+](=O)[O-])c1. The molecule has 3 aromatic carbocycles. The van der Waals surface area contributed by atoms with E-state index < -0.39 is 27.0 Å². The zero-order valence-electron chi connectivity index (χ0n) is 17.0. The third kappa shape index (κ3) is 2.19. The second-order valence-electron chi connectivity index (χ2n) is 8.63. The Morgan fingerprint density at radius 3 is 2.12 bits per heavy atom. The average Bonchev–Trinajstić information content (AvgIpc) is 3.06. The first-order valence-electron chi connectivity index (χ1n) is 10.4. The molecular weight excluding hydrogens is 472 g/mol. The van der Waals surface area contributed by atoms with E-state index in [1.54, 1.807) is 13.0 Å². The van der Waals surface area contributed by atoms with Crippen LogP contribution < -0.4 is 4.90 Å². The van der Waals surface area contributed by atoms with Crippen molar-refractivity contribution >= 4 is 39.1 Å². The summed E-state index contributed by atoms with van der Waals surface area (Å²) in [6.45, 7) is 1.74. The third-order valence-electron chi connectivity index (χ3n) is 7.08. The highest BCUT2D eigenvalue weighted by atomic mass is 79.9. The van der Waals surface area contributed by atoms with Crippen molar-refractivity contribution in [2.45, 2.75) is 17.2 Å². The molecule has 1 fully saturated rings. The number of carbonyl (C=O) groups is 2. The largest absolute Gasteiger partial charge is 0.293 e. The van der Waals surface area contributed by atoms with Gasteiger partial charge < -0.3 is 0 Å². The third-order valence-corrected chi connectivity index (χ3v) is 8.43.